The number of ether oxygens (including phenoxy) is 1. The molecule has 2 aliphatic heterocycles. The Kier molecular flexibility index (Phi) is 6.36. The molecule has 0 spiro atoms. The van der Waals surface area contributed by atoms with Crippen molar-refractivity contribution in [3.8, 4) is 0 Å². The van der Waals surface area contributed by atoms with Gasteiger partial charge in [0.1, 0.15) is 0 Å². The number of thioether (sulfide) groups is 1. The fraction of sp³-hybridized carbons (Fsp3) is 0.867. The summed E-state index contributed by atoms with van der Waals surface area (Å²) in [6.45, 7) is 4.14. The molecule has 2 fully saturated rings. The number of rotatable bonds is 6. The normalized spacial score (nSPS) is 27.0. The zero-order valence-corrected chi connectivity index (χ0v) is 13.4. The largest absolute Gasteiger partial charge is 0.481 e. The van der Waals surface area contributed by atoms with Crippen molar-refractivity contribution in [2.24, 2.45) is 11.8 Å². The first-order valence-electron chi connectivity index (χ1n) is 7.83. The topological polar surface area (TPSA) is 66.8 Å². The molecule has 2 rings (SSSR count). The van der Waals surface area contributed by atoms with Gasteiger partial charge in [0.15, 0.2) is 0 Å². The van der Waals surface area contributed by atoms with Crippen molar-refractivity contribution in [1.82, 2.24) is 4.90 Å². The van der Waals surface area contributed by atoms with E-state index in [1.807, 2.05) is 4.90 Å². The van der Waals surface area contributed by atoms with Crippen LogP contribution < -0.4 is 0 Å². The van der Waals surface area contributed by atoms with E-state index in [0.717, 1.165) is 38.1 Å². The molecule has 0 saturated carbocycles. The fourth-order valence-electron chi connectivity index (χ4n) is 3.21. The average molecular weight is 315 g/mol. The van der Waals surface area contributed by atoms with E-state index in [0.29, 0.717) is 18.8 Å². The number of nitrogens with zero attached hydrogens (tertiary/aromatic N) is 1. The van der Waals surface area contributed by atoms with E-state index in [4.69, 9.17) is 4.74 Å². The first-order chi connectivity index (χ1) is 10.1. The molecule has 0 aromatic carbocycles. The Bertz CT molecular complexity index is 369. The molecule has 5 nitrogen and oxygen atoms in total. The van der Waals surface area contributed by atoms with E-state index >= 15 is 0 Å². The van der Waals surface area contributed by atoms with E-state index in [9.17, 15) is 14.7 Å². The standard InChI is InChI=1S/C15H25NO4S/c1-2-9-21-10-13(17)16-6-3-11(4-7-16)14-12(15(18)19)5-8-20-14/h11-12,14H,2-10H2,1H3,(H,18,19)/t12?,14-/m0/s1. The molecule has 2 heterocycles. The fourth-order valence-corrected chi connectivity index (χ4v) is 4.00. The SMILES string of the molecule is CCCSCC(=O)N1CCC([C@@H]2OCCC2C(=O)O)CC1. The summed E-state index contributed by atoms with van der Waals surface area (Å²) in [5.41, 5.74) is 0. The van der Waals surface area contributed by atoms with Crippen molar-refractivity contribution in [1.29, 1.82) is 0 Å². The summed E-state index contributed by atoms with van der Waals surface area (Å²) >= 11 is 1.69. The highest BCUT2D eigenvalue weighted by Crippen LogP contribution is 2.33. The molecule has 1 unspecified atom stereocenters. The lowest BCUT2D eigenvalue weighted by molar-refractivity contribution is -0.145. The number of piperidine rings is 1. The lowest BCUT2D eigenvalue weighted by Gasteiger charge is -2.35. The van der Waals surface area contributed by atoms with Gasteiger partial charge in [0.25, 0.3) is 0 Å². The number of aliphatic carboxylic acids is 1. The Morgan fingerprint density at radius 2 is 2.00 bits per heavy atom. The quantitative estimate of drug-likeness (QED) is 0.758. The Hall–Kier alpha value is -0.750. The van der Waals surface area contributed by atoms with Crippen LogP contribution >= 0.6 is 11.8 Å². The number of carbonyl (C=O) groups is 2. The predicted octanol–water partition coefficient (Wildman–Crippen LogP) is 1.86. The minimum atomic E-state index is -0.744. The van der Waals surface area contributed by atoms with Gasteiger partial charge in [0.05, 0.1) is 17.8 Å². The van der Waals surface area contributed by atoms with Crippen molar-refractivity contribution in [2.75, 3.05) is 31.2 Å². The lowest BCUT2D eigenvalue weighted by atomic mass is 9.84. The molecule has 0 radical (unpaired) electrons. The van der Waals surface area contributed by atoms with Gasteiger partial charge in [0, 0.05) is 19.7 Å². The molecule has 6 heteroatoms. The van der Waals surface area contributed by atoms with Gasteiger partial charge >= 0.3 is 5.97 Å². The zero-order chi connectivity index (χ0) is 15.2. The minimum Gasteiger partial charge on any atom is -0.481 e. The molecule has 2 atom stereocenters. The van der Waals surface area contributed by atoms with Gasteiger partial charge in [-0.15, -0.1) is 0 Å². The van der Waals surface area contributed by atoms with Crippen LogP contribution in [0.1, 0.15) is 32.6 Å². The van der Waals surface area contributed by atoms with Crippen molar-refractivity contribution >= 4 is 23.6 Å². The first kappa shape index (κ1) is 16.6. The zero-order valence-electron chi connectivity index (χ0n) is 12.6. The molecule has 0 aliphatic carbocycles. The summed E-state index contributed by atoms with van der Waals surface area (Å²) in [5.74, 6) is 0.980. The second-order valence-electron chi connectivity index (χ2n) is 5.84. The summed E-state index contributed by atoms with van der Waals surface area (Å²) in [4.78, 5) is 25.2. The highest BCUT2D eigenvalue weighted by Gasteiger charge is 2.40. The van der Waals surface area contributed by atoms with E-state index in [1.54, 1.807) is 11.8 Å². The monoisotopic (exact) mass is 315 g/mol. The average Bonchev–Trinajstić information content (AvgIpc) is 2.97. The van der Waals surface area contributed by atoms with Crippen LogP contribution in [0.3, 0.4) is 0 Å². The molecule has 120 valence electrons. The van der Waals surface area contributed by atoms with Crippen LogP contribution in [0, 0.1) is 11.8 Å². The Morgan fingerprint density at radius 1 is 1.29 bits per heavy atom. The second kappa shape index (κ2) is 8.03. The van der Waals surface area contributed by atoms with Gasteiger partial charge in [-0.3, -0.25) is 9.59 Å². The highest BCUT2D eigenvalue weighted by atomic mass is 32.2. The number of amides is 1. The number of hydrogen-bond donors (Lipinski definition) is 1. The number of carboxylic acids is 1. The molecule has 2 aliphatic rings. The first-order valence-corrected chi connectivity index (χ1v) is 8.99. The molecular formula is C15H25NO4S. The van der Waals surface area contributed by atoms with E-state index in [-0.39, 0.29) is 23.8 Å². The summed E-state index contributed by atoms with van der Waals surface area (Å²) in [5, 5.41) is 9.23. The predicted molar refractivity (Wildman–Crippen MR) is 82.4 cm³/mol. The van der Waals surface area contributed by atoms with Gasteiger partial charge in [0.2, 0.25) is 5.91 Å². The number of carbonyl (C=O) groups excluding carboxylic acids is 1. The smallest absolute Gasteiger partial charge is 0.309 e. The third-order valence-electron chi connectivity index (χ3n) is 4.38. The Balaban J connectivity index is 1.77. The van der Waals surface area contributed by atoms with Crippen LogP contribution in [-0.4, -0.2) is 59.2 Å². The summed E-state index contributed by atoms with van der Waals surface area (Å²) < 4.78 is 5.65. The molecule has 1 N–H and O–H groups in total. The summed E-state index contributed by atoms with van der Waals surface area (Å²) in [6, 6.07) is 0. The van der Waals surface area contributed by atoms with E-state index in [1.165, 1.54) is 0 Å². The van der Waals surface area contributed by atoms with Gasteiger partial charge < -0.3 is 14.7 Å². The maximum absolute atomic E-state index is 12.1. The van der Waals surface area contributed by atoms with Crippen LogP contribution in [0.15, 0.2) is 0 Å². The third kappa shape index (κ3) is 4.36. The van der Waals surface area contributed by atoms with Gasteiger partial charge in [-0.05, 0) is 37.4 Å². The van der Waals surface area contributed by atoms with Crippen LogP contribution in [0.5, 0.6) is 0 Å². The van der Waals surface area contributed by atoms with E-state index < -0.39 is 5.97 Å². The highest BCUT2D eigenvalue weighted by molar-refractivity contribution is 7.99. The third-order valence-corrected chi connectivity index (χ3v) is 5.53. The molecule has 0 aromatic rings. The molecule has 21 heavy (non-hydrogen) atoms. The lowest BCUT2D eigenvalue weighted by Crippen LogP contribution is -2.43. The Labute approximate surface area is 130 Å². The van der Waals surface area contributed by atoms with Gasteiger partial charge in [-0.1, -0.05) is 6.92 Å². The molecule has 0 bridgehead atoms. The number of carboxylic acid groups (broad SMARTS) is 1. The number of likely N-dealkylation sites (tertiary alicyclic amines) is 1. The maximum atomic E-state index is 12.1. The van der Waals surface area contributed by atoms with Crippen LogP contribution in [0.4, 0.5) is 0 Å². The van der Waals surface area contributed by atoms with Crippen molar-refractivity contribution in [2.45, 2.75) is 38.7 Å². The molecule has 2 saturated heterocycles. The molecule has 1 amide bonds. The maximum Gasteiger partial charge on any atom is 0.309 e. The van der Waals surface area contributed by atoms with Crippen molar-refractivity contribution < 1.29 is 19.4 Å². The minimum absolute atomic E-state index is 0.158. The number of hydrogen-bond acceptors (Lipinski definition) is 4. The Morgan fingerprint density at radius 3 is 2.62 bits per heavy atom. The summed E-state index contributed by atoms with van der Waals surface area (Å²) in [6.07, 6.45) is 3.27. The second-order valence-corrected chi connectivity index (χ2v) is 6.94. The van der Waals surface area contributed by atoms with Crippen LogP contribution in [0.2, 0.25) is 0 Å². The van der Waals surface area contributed by atoms with Gasteiger partial charge in [-0.2, -0.15) is 11.8 Å². The molecular weight excluding hydrogens is 290 g/mol. The van der Waals surface area contributed by atoms with Gasteiger partial charge in [-0.25, -0.2) is 0 Å². The molecule has 0 aromatic heterocycles. The van der Waals surface area contributed by atoms with E-state index in [2.05, 4.69) is 6.92 Å². The van der Waals surface area contributed by atoms with Crippen LogP contribution in [0.25, 0.3) is 0 Å². The van der Waals surface area contributed by atoms with Crippen molar-refractivity contribution in [3.05, 3.63) is 0 Å². The van der Waals surface area contributed by atoms with Crippen molar-refractivity contribution in [3.63, 3.8) is 0 Å². The summed E-state index contributed by atoms with van der Waals surface area (Å²) in [7, 11) is 0. The van der Waals surface area contributed by atoms with Crippen LogP contribution in [-0.2, 0) is 14.3 Å².